The fraction of sp³-hybridized carbons (Fsp3) is 0.250. The lowest BCUT2D eigenvalue weighted by molar-refractivity contribution is 0.160. The largest absolute Gasteiger partial charge is 0.485 e. The summed E-state index contributed by atoms with van der Waals surface area (Å²) in [6.07, 6.45) is 0.656. The Kier molecular flexibility index (Phi) is 3.05. The molecular weight excluding hydrogens is 334 g/mol. The smallest absolute Gasteiger partial charge is 0.231 e. The molecule has 0 saturated heterocycles. The van der Waals surface area contributed by atoms with Gasteiger partial charge in [0.05, 0.1) is 4.47 Å². The molecule has 5 heteroatoms. The van der Waals surface area contributed by atoms with E-state index in [-0.39, 0.29) is 18.9 Å². The quantitative estimate of drug-likeness (QED) is 0.854. The lowest BCUT2D eigenvalue weighted by Crippen LogP contribution is -2.24. The molecule has 0 spiro atoms. The molecule has 2 aliphatic rings. The van der Waals surface area contributed by atoms with Crippen molar-refractivity contribution in [3.05, 3.63) is 52.0 Å². The zero-order chi connectivity index (χ0) is 14.4. The summed E-state index contributed by atoms with van der Waals surface area (Å²) in [5, 5.41) is 0. The number of nitrogens with two attached hydrogens (primary N) is 1. The summed E-state index contributed by atoms with van der Waals surface area (Å²) in [4.78, 5) is 0. The number of halogens is 1. The summed E-state index contributed by atoms with van der Waals surface area (Å²) in [5.41, 5.74) is 8.38. The lowest BCUT2D eigenvalue weighted by atomic mass is 9.93. The molecule has 2 aromatic rings. The minimum atomic E-state index is -0.0827. The van der Waals surface area contributed by atoms with Crippen LogP contribution in [0.1, 0.15) is 29.7 Å². The van der Waals surface area contributed by atoms with Crippen molar-refractivity contribution in [2.24, 2.45) is 5.73 Å². The van der Waals surface area contributed by atoms with Gasteiger partial charge in [0.2, 0.25) is 6.79 Å². The van der Waals surface area contributed by atoms with E-state index >= 15 is 0 Å². The Morgan fingerprint density at radius 3 is 2.86 bits per heavy atom. The van der Waals surface area contributed by atoms with Crippen molar-refractivity contribution in [1.82, 2.24) is 0 Å². The molecule has 4 nitrogen and oxygen atoms in total. The van der Waals surface area contributed by atoms with Crippen LogP contribution in [0.25, 0.3) is 0 Å². The number of benzene rings is 2. The standard InChI is InChI=1S/C16H14BrNO3/c17-11-5-9(6-15-16(11)20-8-19-15)14-7-12(18)10-3-1-2-4-13(10)21-14/h1-6,12,14H,7-8,18H2/t12-,14?/m1/s1. The van der Waals surface area contributed by atoms with Gasteiger partial charge in [-0.2, -0.15) is 0 Å². The first-order valence-electron chi connectivity index (χ1n) is 6.82. The highest BCUT2D eigenvalue weighted by molar-refractivity contribution is 9.10. The topological polar surface area (TPSA) is 53.7 Å². The number of fused-ring (bicyclic) bond motifs is 2. The zero-order valence-corrected chi connectivity index (χ0v) is 12.8. The first kappa shape index (κ1) is 13.0. The minimum Gasteiger partial charge on any atom is -0.485 e. The maximum absolute atomic E-state index is 6.28. The summed E-state index contributed by atoms with van der Waals surface area (Å²) < 4.78 is 17.9. The van der Waals surface area contributed by atoms with Crippen molar-refractivity contribution < 1.29 is 14.2 Å². The van der Waals surface area contributed by atoms with Gasteiger partial charge in [0.15, 0.2) is 11.5 Å². The molecule has 2 aliphatic heterocycles. The maximum atomic E-state index is 6.28. The molecule has 108 valence electrons. The average molecular weight is 348 g/mol. The van der Waals surface area contributed by atoms with Gasteiger partial charge in [0.1, 0.15) is 11.9 Å². The molecule has 0 amide bonds. The van der Waals surface area contributed by atoms with E-state index in [0.717, 1.165) is 39.3 Å². The van der Waals surface area contributed by atoms with Crippen LogP contribution >= 0.6 is 15.9 Å². The summed E-state index contributed by atoms with van der Waals surface area (Å²) in [7, 11) is 0. The molecule has 0 radical (unpaired) electrons. The van der Waals surface area contributed by atoms with Crippen LogP contribution in [0.15, 0.2) is 40.9 Å². The van der Waals surface area contributed by atoms with Gasteiger partial charge in [-0.05, 0) is 39.7 Å². The van der Waals surface area contributed by atoms with E-state index in [1.165, 1.54) is 0 Å². The molecule has 0 aromatic heterocycles. The molecular formula is C16H14BrNO3. The summed E-state index contributed by atoms with van der Waals surface area (Å²) in [6, 6.07) is 11.9. The normalized spacial score (nSPS) is 22.6. The number of hydrogen-bond donors (Lipinski definition) is 1. The van der Waals surface area contributed by atoms with Crippen LogP contribution in [0.3, 0.4) is 0 Å². The Bertz CT molecular complexity index is 704. The average Bonchev–Trinajstić information content (AvgIpc) is 2.96. The summed E-state index contributed by atoms with van der Waals surface area (Å²) in [5.74, 6) is 2.35. The van der Waals surface area contributed by atoms with Gasteiger partial charge >= 0.3 is 0 Å². The van der Waals surface area contributed by atoms with E-state index in [9.17, 15) is 0 Å². The molecule has 0 saturated carbocycles. The van der Waals surface area contributed by atoms with Crippen LogP contribution < -0.4 is 19.9 Å². The number of hydrogen-bond acceptors (Lipinski definition) is 4. The van der Waals surface area contributed by atoms with E-state index in [0.29, 0.717) is 0 Å². The van der Waals surface area contributed by atoms with Crippen molar-refractivity contribution >= 4 is 15.9 Å². The SMILES string of the molecule is N[C@@H]1CC(c2cc(Br)c3c(c2)OCO3)Oc2ccccc21. The van der Waals surface area contributed by atoms with Gasteiger partial charge in [-0.25, -0.2) is 0 Å². The Hall–Kier alpha value is -1.72. The van der Waals surface area contributed by atoms with Crippen LogP contribution in [0, 0.1) is 0 Å². The molecule has 2 N–H and O–H groups in total. The second-order valence-electron chi connectivity index (χ2n) is 5.22. The zero-order valence-electron chi connectivity index (χ0n) is 11.2. The van der Waals surface area contributed by atoms with Gasteiger partial charge < -0.3 is 19.9 Å². The van der Waals surface area contributed by atoms with Gasteiger partial charge in [0.25, 0.3) is 0 Å². The Labute approximate surface area is 130 Å². The number of ether oxygens (including phenoxy) is 3. The van der Waals surface area contributed by atoms with E-state index in [1.54, 1.807) is 0 Å². The van der Waals surface area contributed by atoms with E-state index in [1.807, 2.05) is 36.4 Å². The van der Waals surface area contributed by atoms with Crippen LogP contribution in [-0.2, 0) is 0 Å². The first-order valence-corrected chi connectivity index (χ1v) is 7.62. The molecule has 2 atom stereocenters. The first-order chi connectivity index (χ1) is 10.2. The van der Waals surface area contributed by atoms with Crippen LogP contribution in [0.2, 0.25) is 0 Å². The fourth-order valence-electron chi connectivity index (χ4n) is 2.83. The molecule has 0 fully saturated rings. The van der Waals surface area contributed by atoms with E-state index < -0.39 is 0 Å². The molecule has 0 bridgehead atoms. The Morgan fingerprint density at radius 2 is 1.95 bits per heavy atom. The highest BCUT2D eigenvalue weighted by Gasteiger charge is 2.29. The second-order valence-corrected chi connectivity index (χ2v) is 6.08. The Morgan fingerprint density at radius 1 is 1.10 bits per heavy atom. The van der Waals surface area contributed by atoms with Crippen LogP contribution in [0.5, 0.6) is 17.2 Å². The summed E-state index contributed by atoms with van der Waals surface area (Å²) in [6.45, 7) is 0.255. The molecule has 2 aromatic carbocycles. The van der Waals surface area contributed by atoms with Gasteiger partial charge in [-0.3, -0.25) is 0 Å². The van der Waals surface area contributed by atoms with Gasteiger partial charge in [-0.1, -0.05) is 18.2 Å². The lowest BCUT2D eigenvalue weighted by Gasteiger charge is -2.30. The van der Waals surface area contributed by atoms with Gasteiger partial charge in [-0.15, -0.1) is 0 Å². The number of para-hydroxylation sites is 1. The highest BCUT2D eigenvalue weighted by Crippen LogP contribution is 2.45. The van der Waals surface area contributed by atoms with E-state index in [2.05, 4.69) is 15.9 Å². The third-order valence-corrected chi connectivity index (χ3v) is 4.47. The van der Waals surface area contributed by atoms with E-state index in [4.69, 9.17) is 19.9 Å². The van der Waals surface area contributed by atoms with Crippen molar-refractivity contribution in [2.45, 2.75) is 18.6 Å². The van der Waals surface area contributed by atoms with Crippen LogP contribution in [0.4, 0.5) is 0 Å². The molecule has 1 unspecified atom stereocenters. The molecule has 4 rings (SSSR count). The monoisotopic (exact) mass is 347 g/mol. The Balaban J connectivity index is 1.71. The molecule has 0 aliphatic carbocycles. The third-order valence-electron chi connectivity index (χ3n) is 3.88. The molecule has 21 heavy (non-hydrogen) atoms. The van der Waals surface area contributed by atoms with Crippen molar-refractivity contribution in [1.29, 1.82) is 0 Å². The van der Waals surface area contributed by atoms with Crippen molar-refractivity contribution in [3.8, 4) is 17.2 Å². The van der Waals surface area contributed by atoms with Gasteiger partial charge in [0, 0.05) is 18.0 Å². The predicted octanol–water partition coefficient (Wildman–Crippen LogP) is 3.70. The van der Waals surface area contributed by atoms with Crippen molar-refractivity contribution in [3.63, 3.8) is 0 Å². The number of rotatable bonds is 1. The highest BCUT2D eigenvalue weighted by atomic mass is 79.9. The third kappa shape index (κ3) is 2.17. The van der Waals surface area contributed by atoms with Crippen LogP contribution in [-0.4, -0.2) is 6.79 Å². The minimum absolute atomic E-state index is 0.0239. The maximum Gasteiger partial charge on any atom is 0.231 e. The second kappa shape index (κ2) is 4.93. The van der Waals surface area contributed by atoms with Crippen molar-refractivity contribution in [2.75, 3.05) is 6.79 Å². The summed E-state index contributed by atoms with van der Waals surface area (Å²) >= 11 is 3.52. The predicted molar refractivity (Wildman–Crippen MR) is 81.6 cm³/mol. The fourth-order valence-corrected chi connectivity index (χ4v) is 3.40. The molecule has 2 heterocycles.